The monoisotopic (exact) mass is 415 g/mol. The van der Waals surface area contributed by atoms with Crippen molar-refractivity contribution in [3.05, 3.63) is 132 Å². The molecule has 32 heavy (non-hydrogen) atoms. The van der Waals surface area contributed by atoms with Gasteiger partial charge in [-0.2, -0.15) is 0 Å². The number of nitrogens with zero attached hydrogens (tertiary/aromatic N) is 1. The molecule has 0 fully saturated rings. The van der Waals surface area contributed by atoms with Crippen molar-refractivity contribution in [2.24, 2.45) is 5.92 Å². The van der Waals surface area contributed by atoms with Crippen LogP contribution in [0.1, 0.15) is 30.9 Å². The summed E-state index contributed by atoms with van der Waals surface area (Å²) < 4.78 is 0. The maximum atomic E-state index is 3.92. The summed E-state index contributed by atoms with van der Waals surface area (Å²) in [6, 6.07) is 17.9. The lowest BCUT2D eigenvalue weighted by atomic mass is 9.83. The van der Waals surface area contributed by atoms with E-state index in [1.807, 2.05) is 6.08 Å². The molecule has 0 bridgehead atoms. The molecule has 0 aliphatic heterocycles. The highest BCUT2D eigenvalue weighted by molar-refractivity contribution is 5.79. The molecule has 0 N–H and O–H groups in total. The first-order chi connectivity index (χ1) is 15.7. The molecule has 158 valence electrons. The molecule has 1 heteroatoms. The second kappa shape index (κ2) is 8.88. The molecule has 0 heterocycles. The normalized spacial score (nSPS) is 21.3. The topological polar surface area (TPSA) is 3.24 Å². The van der Waals surface area contributed by atoms with Crippen LogP contribution in [0.5, 0.6) is 0 Å². The lowest BCUT2D eigenvalue weighted by Crippen LogP contribution is -2.37. The standard InChI is InChI=1S/C31H29N/c1-3-24-17-19-28(20-18-24)32(31-16-8-11-25-10-4-5-15-30(25)31)29-14-7-13-27(22-29)26-12-6-9-23(2)21-26/h3-5,7-8,10-22,30-31H,1,6,9H2,2H3. The van der Waals surface area contributed by atoms with Crippen LogP contribution in [0.2, 0.25) is 0 Å². The quantitative estimate of drug-likeness (QED) is 0.476. The summed E-state index contributed by atoms with van der Waals surface area (Å²) in [6.07, 6.45) is 24.5. The van der Waals surface area contributed by atoms with Gasteiger partial charge in [0, 0.05) is 17.3 Å². The zero-order valence-electron chi connectivity index (χ0n) is 18.6. The molecule has 0 saturated heterocycles. The van der Waals surface area contributed by atoms with Gasteiger partial charge < -0.3 is 4.90 Å². The molecule has 0 spiro atoms. The molecule has 3 aliphatic carbocycles. The van der Waals surface area contributed by atoms with Crippen molar-refractivity contribution in [2.45, 2.75) is 25.8 Å². The summed E-state index contributed by atoms with van der Waals surface area (Å²) in [5, 5.41) is 0. The van der Waals surface area contributed by atoms with Gasteiger partial charge in [-0.1, -0.05) is 97.2 Å². The third kappa shape index (κ3) is 3.99. The molecule has 0 amide bonds. The van der Waals surface area contributed by atoms with E-state index in [0.717, 1.165) is 18.4 Å². The third-order valence-electron chi connectivity index (χ3n) is 6.54. The zero-order chi connectivity index (χ0) is 21.9. The van der Waals surface area contributed by atoms with E-state index in [1.165, 1.54) is 33.7 Å². The molecule has 0 aromatic heterocycles. The Hall–Kier alpha value is -3.58. The molecule has 2 unspecified atom stereocenters. The smallest absolute Gasteiger partial charge is 0.0628 e. The number of anilines is 2. The van der Waals surface area contributed by atoms with Crippen LogP contribution in [0, 0.1) is 5.92 Å². The van der Waals surface area contributed by atoms with Gasteiger partial charge in [0.1, 0.15) is 0 Å². The minimum absolute atomic E-state index is 0.207. The predicted octanol–water partition coefficient (Wildman–Crippen LogP) is 8.20. The van der Waals surface area contributed by atoms with E-state index in [0.29, 0.717) is 5.92 Å². The summed E-state index contributed by atoms with van der Waals surface area (Å²) in [5.74, 6) is 0.323. The fourth-order valence-corrected chi connectivity index (χ4v) is 4.85. The summed E-state index contributed by atoms with van der Waals surface area (Å²) in [5.41, 5.74) is 8.96. The number of allylic oxidation sites excluding steroid dienone is 9. The van der Waals surface area contributed by atoms with Crippen molar-refractivity contribution in [1.82, 2.24) is 0 Å². The second-order valence-corrected chi connectivity index (χ2v) is 8.72. The lowest BCUT2D eigenvalue weighted by Gasteiger charge is -2.39. The van der Waals surface area contributed by atoms with Gasteiger partial charge in [0.2, 0.25) is 0 Å². The summed E-state index contributed by atoms with van der Waals surface area (Å²) >= 11 is 0. The third-order valence-corrected chi connectivity index (χ3v) is 6.54. The van der Waals surface area contributed by atoms with Crippen LogP contribution in [0.25, 0.3) is 11.6 Å². The first-order valence-corrected chi connectivity index (χ1v) is 11.5. The fourth-order valence-electron chi connectivity index (χ4n) is 4.85. The molecular weight excluding hydrogens is 386 g/mol. The van der Waals surface area contributed by atoms with Crippen LogP contribution in [-0.2, 0) is 0 Å². The molecule has 0 saturated carbocycles. The number of fused-ring (bicyclic) bond motifs is 1. The average molecular weight is 416 g/mol. The van der Waals surface area contributed by atoms with Gasteiger partial charge in [0.25, 0.3) is 0 Å². The fraction of sp³-hybridized carbons (Fsp3) is 0.161. The Morgan fingerprint density at radius 2 is 1.84 bits per heavy atom. The molecule has 2 aromatic carbocycles. The minimum atomic E-state index is 0.207. The Balaban J connectivity index is 1.60. The van der Waals surface area contributed by atoms with Gasteiger partial charge in [-0.05, 0) is 66.3 Å². The molecule has 0 radical (unpaired) electrons. The summed E-state index contributed by atoms with van der Waals surface area (Å²) in [4.78, 5) is 2.48. The second-order valence-electron chi connectivity index (χ2n) is 8.72. The first kappa shape index (κ1) is 20.3. The lowest BCUT2D eigenvalue weighted by molar-refractivity contribution is 0.639. The van der Waals surface area contributed by atoms with Gasteiger partial charge in [0.15, 0.2) is 0 Å². The van der Waals surface area contributed by atoms with Gasteiger partial charge in [-0.25, -0.2) is 0 Å². The Morgan fingerprint density at radius 3 is 2.66 bits per heavy atom. The minimum Gasteiger partial charge on any atom is -0.334 e. The highest BCUT2D eigenvalue weighted by atomic mass is 15.2. The van der Waals surface area contributed by atoms with Crippen molar-refractivity contribution in [2.75, 3.05) is 4.90 Å². The highest BCUT2D eigenvalue weighted by Crippen LogP contribution is 2.38. The van der Waals surface area contributed by atoms with Crippen LogP contribution >= 0.6 is 0 Å². The Bertz CT molecular complexity index is 1200. The first-order valence-electron chi connectivity index (χ1n) is 11.5. The van der Waals surface area contributed by atoms with E-state index >= 15 is 0 Å². The highest BCUT2D eigenvalue weighted by Gasteiger charge is 2.30. The predicted molar refractivity (Wildman–Crippen MR) is 139 cm³/mol. The Labute approximate surface area is 191 Å². The van der Waals surface area contributed by atoms with E-state index in [-0.39, 0.29) is 6.04 Å². The van der Waals surface area contributed by atoms with Crippen molar-refractivity contribution in [1.29, 1.82) is 0 Å². The van der Waals surface area contributed by atoms with Crippen LogP contribution in [0.4, 0.5) is 11.4 Å². The number of benzene rings is 2. The van der Waals surface area contributed by atoms with Crippen molar-refractivity contribution >= 4 is 23.0 Å². The van der Waals surface area contributed by atoms with Crippen LogP contribution < -0.4 is 4.90 Å². The molecule has 5 rings (SSSR count). The maximum Gasteiger partial charge on any atom is 0.0628 e. The van der Waals surface area contributed by atoms with Crippen molar-refractivity contribution in [3.63, 3.8) is 0 Å². The number of rotatable bonds is 5. The van der Waals surface area contributed by atoms with Gasteiger partial charge in [-0.3, -0.25) is 0 Å². The van der Waals surface area contributed by atoms with E-state index in [4.69, 9.17) is 0 Å². The van der Waals surface area contributed by atoms with Crippen LogP contribution in [0.15, 0.2) is 121 Å². The van der Waals surface area contributed by atoms with E-state index in [2.05, 4.69) is 122 Å². The van der Waals surface area contributed by atoms with E-state index in [9.17, 15) is 0 Å². The number of hydrogen-bond donors (Lipinski definition) is 0. The molecule has 3 aliphatic rings. The van der Waals surface area contributed by atoms with Crippen LogP contribution in [0.3, 0.4) is 0 Å². The van der Waals surface area contributed by atoms with E-state index in [1.54, 1.807) is 0 Å². The van der Waals surface area contributed by atoms with Crippen LogP contribution in [-0.4, -0.2) is 6.04 Å². The van der Waals surface area contributed by atoms with Crippen molar-refractivity contribution in [3.8, 4) is 0 Å². The van der Waals surface area contributed by atoms with E-state index < -0.39 is 0 Å². The average Bonchev–Trinajstić information content (AvgIpc) is 2.85. The molecule has 2 aromatic rings. The number of hydrogen-bond acceptors (Lipinski definition) is 1. The Kier molecular flexibility index (Phi) is 5.64. The molecular formula is C31H29N. The largest absolute Gasteiger partial charge is 0.334 e. The zero-order valence-corrected chi connectivity index (χ0v) is 18.6. The summed E-state index contributed by atoms with van der Waals surface area (Å²) in [6.45, 7) is 6.15. The van der Waals surface area contributed by atoms with Gasteiger partial charge >= 0.3 is 0 Å². The van der Waals surface area contributed by atoms with Gasteiger partial charge in [-0.15, -0.1) is 0 Å². The molecule has 1 nitrogen and oxygen atoms in total. The molecule has 2 atom stereocenters. The Morgan fingerprint density at radius 1 is 0.969 bits per heavy atom. The van der Waals surface area contributed by atoms with Crippen molar-refractivity contribution < 1.29 is 0 Å². The maximum absolute atomic E-state index is 3.92. The van der Waals surface area contributed by atoms with Gasteiger partial charge in [0.05, 0.1) is 6.04 Å². The SMILES string of the molecule is C=Cc1ccc(N(c2cccc(C3=CCCC(C)=C3)c2)C2C=CC=C3C=CC=CC32)cc1. The summed E-state index contributed by atoms with van der Waals surface area (Å²) in [7, 11) is 0.